The highest BCUT2D eigenvalue weighted by molar-refractivity contribution is 5.79. The van der Waals surface area contributed by atoms with Crippen LogP contribution in [-0.2, 0) is 0 Å². The SMILES string of the molecule is C(=C\c1cc2ccccc2o1)/CCNC1CC1. The van der Waals surface area contributed by atoms with Crippen molar-refractivity contribution < 1.29 is 4.42 Å². The highest BCUT2D eigenvalue weighted by Gasteiger charge is 2.19. The van der Waals surface area contributed by atoms with Gasteiger partial charge in [-0.25, -0.2) is 0 Å². The molecule has 0 atom stereocenters. The van der Waals surface area contributed by atoms with E-state index >= 15 is 0 Å². The van der Waals surface area contributed by atoms with Gasteiger partial charge in [-0.1, -0.05) is 24.3 Å². The summed E-state index contributed by atoms with van der Waals surface area (Å²) in [7, 11) is 0. The Bertz CT molecular complexity index is 489. The zero-order chi connectivity index (χ0) is 11.5. The Morgan fingerprint density at radius 2 is 2.18 bits per heavy atom. The number of nitrogens with one attached hydrogen (secondary N) is 1. The molecule has 0 bridgehead atoms. The molecule has 1 heterocycles. The van der Waals surface area contributed by atoms with E-state index in [-0.39, 0.29) is 0 Å². The summed E-state index contributed by atoms with van der Waals surface area (Å²) < 4.78 is 5.70. The molecule has 1 aromatic carbocycles. The smallest absolute Gasteiger partial charge is 0.134 e. The Balaban J connectivity index is 1.57. The first-order valence-corrected chi connectivity index (χ1v) is 6.30. The van der Waals surface area contributed by atoms with Crippen LogP contribution >= 0.6 is 0 Å². The third-order valence-electron chi connectivity index (χ3n) is 3.05. The van der Waals surface area contributed by atoms with Gasteiger partial charge in [0.1, 0.15) is 11.3 Å². The number of para-hydroxylation sites is 1. The van der Waals surface area contributed by atoms with Crippen LogP contribution in [0.2, 0.25) is 0 Å². The highest BCUT2D eigenvalue weighted by atomic mass is 16.3. The van der Waals surface area contributed by atoms with E-state index in [4.69, 9.17) is 4.42 Å². The molecular weight excluding hydrogens is 210 g/mol. The molecule has 1 saturated carbocycles. The molecule has 1 fully saturated rings. The standard InChI is InChI=1S/C15H17NO/c1-2-7-15-12(5-1)11-14(17-15)6-3-4-10-16-13-8-9-13/h1-3,5-7,11,13,16H,4,8-10H2/b6-3+. The molecule has 0 aliphatic heterocycles. The first kappa shape index (κ1) is 10.6. The molecule has 3 rings (SSSR count). The first-order valence-electron chi connectivity index (χ1n) is 6.30. The van der Waals surface area contributed by atoms with Gasteiger partial charge in [-0.05, 0) is 44.0 Å². The molecule has 0 amide bonds. The Kier molecular flexibility index (Phi) is 2.97. The van der Waals surface area contributed by atoms with Gasteiger partial charge in [-0.3, -0.25) is 0 Å². The van der Waals surface area contributed by atoms with Crippen molar-refractivity contribution in [2.45, 2.75) is 25.3 Å². The van der Waals surface area contributed by atoms with E-state index in [1.54, 1.807) is 0 Å². The fourth-order valence-corrected chi connectivity index (χ4v) is 1.94. The summed E-state index contributed by atoms with van der Waals surface area (Å²) >= 11 is 0. The molecule has 0 radical (unpaired) electrons. The summed E-state index contributed by atoms with van der Waals surface area (Å²) in [6, 6.07) is 11.0. The summed E-state index contributed by atoms with van der Waals surface area (Å²) in [5.74, 6) is 0.942. The summed E-state index contributed by atoms with van der Waals surface area (Å²) in [6.07, 6.45) is 8.01. The molecule has 0 spiro atoms. The molecule has 88 valence electrons. The van der Waals surface area contributed by atoms with Gasteiger partial charge in [0, 0.05) is 11.4 Å². The predicted octanol–water partition coefficient (Wildman–Crippen LogP) is 3.59. The minimum atomic E-state index is 0.801. The van der Waals surface area contributed by atoms with E-state index in [2.05, 4.69) is 29.6 Å². The van der Waals surface area contributed by atoms with E-state index in [0.717, 1.165) is 30.4 Å². The van der Waals surface area contributed by atoms with E-state index in [0.29, 0.717) is 0 Å². The van der Waals surface area contributed by atoms with Crippen LogP contribution in [0.15, 0.2) is 40.8 Å². The van der Waals surface area contributed by atoms with E-state index < -0.39 is 0 Å². The number of hydrogen-bond donors (Lipinski definition) is 1. The maximum atomic E-state index is 5.70. The van der Waals surface area contributed by atoms with Crippen LogP contribution in [0.25, 0.3) is 17.0 Å². The molecule has 2 heteroatoms. The molecular formula is C15H17NO. The zero-order valence-electron chi connectivity index (χ0n) is 9.86. The van der Waals surface area contributed by atoms with Crippen LogP contribution in [0.4, 0.5) is 0 Å². The summed E-state index contributed by atoms with van der Waals surface area (Å²) in [5, 5.41) is 4.66. The van der Waals surface area contributed by atoms with Gasteiger partial charge in [0.05, 0.1) is 0 Å². The molecule has 0 saturated heterocycles. The number of benzene rings is 1. The average Bonchev–Trinajstić information content (AvgIpc) is 3.07. The Labute approximate surface area is 101 Å². The molecule has 2 nitrogen and oxygen atoms in total. The van der Waals surface area contributed by atoms with Crippen molar-refractivity contribution in [3.8, 4) is 0 Å². The number of furan rings is 1. The third kappa shape index (κ3) is 2.77. The minimum absolute atomic E-state index is 0.801. The van der Waals surface area contributed by atoms with Gasteiger partial charge in [-0.2, -0.15) is 0 Å². The van der Waals surface area contributed by atoms with Crippen molar-refractivity contribution in [2.75, 3.05) is 6.54 Å². The molecule has 0 unspecified atom stereocenters. The molecule has 17 heavy (non-hydrogen) atoms. The third-order valence-corrected chi connectivity index (χ3v) is 3.05. The van der Waals surface area contributed by atoms with Crippen molar-refractivity contribution in [3.05, 3.63) is 42.2 Å². The molecule has 1 aliphatic carbocycles. The van der Waals surface area contributed by atoms with Gasteiger partial charge in [0.2, 0.25) is 0 Å². The van der Waals surface area contributed by atoms with Crippen LogP contribution in [0, 0.1) is 0 Å². The monoisotopic (exact) mass is 227 g/mol. The fourth-order valence-electron chi connectivity index (χ4n) is 1.94. The van der Waals surface area contributed by atoms with Gasteiger partial charge >= 0.3 is 0 Å². The molecule has 1 aliphatic rings. The van der Waals surface area contributed by atoms with Crippen molar-refractivity contribution in [1.29, 1.82) is 0 Å². The topological polar surface area (TPSA) is 25.2 Å². The van der Waals surface area contributed by atoms with Gasteiger partial charge in [0.15, 0.2) is 0 Å². The number of rotatable bonds is 5. The normalized spacial score (nSPS) is 16.0. The van der Waals surface area contributed by atoms with Crippen LogP contribution in [-0.4, -0.2) is 12.6 Å². The maximum absolute atomic E-state index is 5.70. The van der Waals surface area contributed by atoms with E-state index in [9.17, 15) is 0 Å². The molecule has 2 aromatic rings. The van der Waals surface area contributed by atoms with Crippen molar-refractivity contribution in [2.24, 2.45) is 0 Å². The van der Waals surface area contributed by atoms with E-state index in [1.807, 2.05) is 18.2 Å². The second-order valence-electron chi connectivity index (χ2n) is 4.61. The van der Waals surface area contributed by atoms with Crippen LogP contribution in [0.5, 0.6) is 0 Å². The van der Waals surface area contributed by atoms with Crippen molar-refractivity contribution in [1.82, 2.24) is 5.32 Å². The van der Waals surface area contributed by atoms with Crippen LogP contribution < -0.4 is 5.32 Å². The van der Waals surface area contributed by atoms with E-state index in [1.165, 1.54) is 18.2 Å². The van der Waals surface area contributed by atoms with Gasteiger partial charge in [0.25, 0.3) is 0 Å². The second-order valence-corrected chi connectivity index (χ2v) is 4.61. The van der Waals surface area contributed by atoms with Gasteiger partial charge in [-0.15, -0.1) is 0 Å². The lowest BCUT2D eigenvalue weighted by Gasteiger charge is -1.96. The lowest BCUT2D eigenvalue weighted by atomic mass is 10.2. The predicted molar refractivity (Wildman–Crippen MR) is 70.9 cm³/mol. The van der Waals surface area contributed by atoms with Crippen molar-refractivity contribution >= 4 is 17.0 Å². The zero-order valence-corrected chi connectivity index (χ0v) is 9.86. The Morgan fingerprint density at radius 3 is 3.00 bits per heavy atom. The summed E-state index contributed by atoms with van der Waals surface area (Å²) in [6.45, 7) is 1.07. The average molecular weight is 227 g/mol. The second kappa shape index (κ2) is 4.76. The maximum Gasteiger partial charge on any atom is 0.134 e. The first-order chi connectivity index (χ1) is 8.42. The number of fused-ring (bicyclic) bond motifs is 1. The summed E-state index contributed by atoms with van der Waals surface area (Å²) in [5.41, 5.74) is 0.961. The molecule has 1 aromatic heterocycles. The molecule has 1 N–H and O–H groups in total. The Hall–Kier alpha value is -1.54. The van der Waals surface area contributed by atoms with Crippen LogP contribution in [0.1, 0.15) is 25.0 Å². The quantitative estimate of drug-likeness (QED) is 0.790. The van der Waals surface area contributed by atoms with Crippen LogP contribution in [0.3, 0.4) is 0 Å². The largest absolute Gasteiger partial charge is 0.457 e. The fraction of sp³-hybridized carbons (Fsp3) is 0.333. The highest BCUT2D eigenvalue weighted by Crippen LogP contribution is 2.20. The Morgan fingerprint density at radius 1 is 1.29 bits per heavy atom. The lowest BCUT2D eigenvalue weighted by molar-refractivity contribution is 0.603. The lowest BCUT2D eigenvalue weighted by Crippen LogP contribution is -2.16. The minimum Gasteiger partial charge on any atom is -0.457 e. The summed E-state index contributed by atoms with van der Waals surface area (Å²) in [4.78, 5) is 0. The van der Waals surface area contributed by atoms with Crippen molar-refractivity contribution in [3.63, 3.8) is 0 Å². The van der Waals surface area contributed by atoms with Gasteiger partial charge < -0.3 is 9.73 Å². The number of hydrogen-bond acceptors (Lipinski definition) is 2.